The minimum absolute atomic E-state index is 0.251. The number of ether oxygens (including phenoxy) is 2. The molecular formula is C37H73NO9. The lowest BCUT2D eigenvalue weighted by molar-refractivity contribution is -0.302. The maximum absolute atomic E-state index is 12.9. The number of aliphatic hydroxyl groups excluding tert-OH is 6. The van der Waals surface area contributed by atoms with Gasteiger partial charge in [0.25, 0.3) is 0 Å². The third-order valence-electron chi connectivity index (χ3n) is 9.57. The first-order valence-corrected chi connectivity index (χ1v) is 19.3. The third kappa shape index (κ3) is 20.4. The summed E-state index contributed by atoms with van der Waals surface area (Å²) in [6.45, 7) is 3.61. The number of aliphatic hydroxyl groups is 6. The minimum atomic E-state index is -1.59. The van der Waals surface area contributed by atoms with Crippen LogP contribution in [0.5, 0.6) is 0 Å². The van der Waals surface area contributed by atoms with Crippen LogP contribution >= 0.6 is 0 Å². The minimum Gasteiger partial charge on any atom is -0.394 e. The molecule has 0 radical (unpaired) electrons. The highest BCUT2D eigenvalue weighted by atomic mass is 16.7. The second-order valence-corrected chi connectivity index (χ2v) is 13.9. The number of hydrogen-bond acceptors (Lipinski definition) is 9. The van der Waals surface area contributed by atoms with Crippen molar-refractivity contribution < 1.29 is 44.9 Å². The fraction of sp³-hybridized carbons (Fsp3) is 0.973. The molecule has 280 valence electrons. The SMILES string of the molecule is CCCCCCCCCCCCCCC[C@@H](O)[C@H](CO[C@H]1O[C@H](CO)[C@@H](O)[C@H](O)[C@H]1O)NC(=O)[C@H](O)CCCCCCCCCCC. The molecule has 1 saturated heterocycles. The van der Waals surface area contributed by atoms with Gasteiger partial charge in [-0.15, -0.1) is 0 Å². The van der Waals surface area contributed by atoms with E-state index in [-0.39, 0.29) is 6.61 Å². The zero-order valence-electron chi connectivity index (χ0n) is 29.9. The number of hydrogen-bond donors (Lipinski definition) is 7. The van der Waals surface area contributed by atoms with Gasteiger partial charge in [-0.25, -0.2) is 0 Å². The molecule has 0 aliphatic carbocycles. The molecule has 1 fully saturated rings. The molecule has 1 amide bonds. The van der Waals surface area contributed by atoms with Gasteiger partial charge in [0.2, 0.25) is 5.91 Å². The van der Waals surface area contributed by atoms with Crippen LogP contribution in [0.2, 0.25) is 0 Å². The Kier molecular flexibility index (Phi) is 27.2. The van der Waals surface area contributed by atoms with Crippen LogP contribution in [-0.4, -0.2) is 98.7 Å². The Balaban J connectivity index is 2.49. The molecule has 0 aromatic carbocycles. The summed E-state index contributed by atoms with van der Waals surface area (Å²) in [5.41, 5.74) is 0. The van der Waals surface area contributed by atoms with Gasteiger partial charge >= 0.3 is 0 Å². The summed E-state index contributed by atoms with van der Waals surface area (Å²) in [4.78, 5) is 12.9. The van der Waals surface area contributed by atoms with Gasteiger partial charge in [0, 0.05) is 0 Å². The van der Waals surface area contributed by atoms with Crippen LogP contribution in [0, 0.1) is 0 Å². The first-order chi connectivity index (χ1) is 22.8. The Labute approximate surface area is 286 Å². The predicted octanol–water partition coefficient (Wildman–Crippen LogP) is 5.41. The average molecular weight is 676 g/mol. The second kappa shape index (κ2) is 28.9. The molecular weight excluding hydrogens is 602 g/mol. The van der Waals surface area contributed by atoms with Gasteiger partial charge in [-0.1, -0.05) is 155 Å². The normalized spacial score (nSPS) is 23.4. The van der Waals surface area contributed by atoms with Gasteiger partial charge < -0.3 is 45.4 Å². The van der Waals surface area contributed by atoms with Crippen LogP contribution in [0.1, 0.15) is 168 Å². The number of amides is 1. The zero-order chi connectivity index (χ0) is 34.7. The molecule has 47 heavy (non-hydrogen) atoms. The van der Waals surface area contributed by atoms with Crippen LogP contribution in [0.4, 0.5) is 0 Å². The van der Waals surface area contributed by atoms with Crippen LogP contribution < -0.4 is 5.32 Å². The largest absolute Gasteiger partial charge is 0.394 e. The summed E-state index contributed by atoms with van der Waals surface area (Å²) in [6.07, 6.45) is 17.3. The molecule has 0 saturated carbocycles. The molecule has 0 unspecified atom stereocenters. The van der Waals surface area contributed by atoms with E-state index in [1.54, 1.807) is 0 Å². The molecule has 10 nitrogen and oxygen atoms in total. The molecule has 0 aromatic heterocycles. The highest BCUT2D eigenvalue weighted by Gasteiger charge is 2.44. The van der Waals surface area contributed by atoms with Crippen molar-refractivity contribution in [2.45, 2.75) is 217 Å². The first-order valence-electron chi connectivity index (χ1n) is 19.3. The van der Waals surface area contributed by atoms with E-state index in [1.807, 2.05) is 0 Å². The highest BCUT2D eigenvalue weighted by Crippen LogP contribution is 2.23. The number of nitrogens with one attached hydrogen (secondary N) is 1. The molecule has 1 aliphatic rings. The summed E-state index contributed by atoms with van der Waals surface area (Å²) in [7, 11) is 0. The van der Waals surface area contributed by atoms with E-state index in [0.29, 0.717) is 12.8 Å². The van der Waals surface area contributed by atoms with E-state index in [2.05, 4.69) is 19.2 Å². The first kappa shape index (κ1) is 44.2. The predicted molar refractivity (Wildman–Crippen MR) is 186 cm³/mol. The molecule has 0 spiro atoms. The van der Waals surface area contributed by atoms with Crippen molar-refractivity contribution in [2.75, 3.05) is 13.2 Å². The van der Waals surface area contributed by atoms with Crippen molar-refractivity contribution in [2.24, 2.45) is 0 Å². The monoisotopic (exact) mass is 676 g/mol. The molecule has 10 heteroatoms. The Hall–Kier alpha value is -0.850. The Morgan fingerprint density at radius 3 is 1.51 bits per heavy atom. The molecule has 0 aromatic rings. The summed E-state index contributed by atoms with van der Waals surface area (Å²) < 4.78 is 11.1. The summed E-state index contributed by atoms with van der Waals surface area (Å²) >= 11 is 0. The van der Waals surface area contributed by atoms with Crippen molar-refractivity contribution in [3.05, 3.63) is 0 Å². The molecule has 1 rings (SSSR count). The maximum Gasteiger partial charge on any atom is 0.249 e. The average Bonchev–Trinajstić information content (AvgIpc) is 3.07. The molecule has 1 aliphatic heterocycles. The Morgan fingerprint density at radius 2 is 1.06 bits per heavy atom. The number of carbonyl (C=O) groups is 1. The number of unbranched alkanes of at least 4 members (excludes halogenated alkanes) is 20. The summed E-state index contributed by atoms with van der Waals surface area (Å²) in [5.74, 6) is -0.587. The van der Waals surface area contributed by atoms with Crippen LogP contribution in [0.25, 0.3) is 0 Å². The summed E-state index contributed by atoms with van der Waals surface area (Å²) in [6, 6.07) is -0.884. The van der Waals surface area contributed by atoms with E-state index < -0.39 is 61.5 Å². The molecule has 1 heterocycles. The van der Waals surface area contributed by atoms with Crippen LogP contribution in [0.3, 0.4) is 0 Å². The fourth-order valence-corrected chi connectivity index (χ4v) is 6.28. The Morgan fingerprint density at radius 1 is 0.638 bits per heavy atom. The van der Waals surface area contributed by atoms with Gasteiger partial charge in [0.05, 0.1) is 25.4 Å². The van der Waals surface area contributed by atoms with Gasteiger partial charge in [0.15, 0.2) is 6.29 Å². The topological polar surface area (TPSA) is 169 Å². The van der Waals surface area contributed by atoms with E-state index in [9.17, 15) is 35.4 Å². The van der Waals surface area contributed by atoms with Gasteiger partial charge in [-0.05, 0) is 12.8 Å². The van der Waals surface area contributed by atoms with Crippen LogP contribution in [0.15, 0.2) is 0 Å². The van der Waals surface area contributed by atoms with Crippen molar-refractivity contribution in [3.63, 3.8) is 0 Å². The van der Waals surface area contributed by atoms with Crippen molar-refractivity contribution in [1.82, 2.24) is 5.32 Å². The lowest BCUT2D eigenvalue weighted by Crippen LogP contribution is -2.60. The molecule has 7 N–H and O–H groups in total. The lowest BCUT2D eigenvalue weighted by Gasteiger charge is -2.40. The zero-order valence-corrected chi connectivity index (χ0v) is 29.9. The second-order valence-electron chi connectivity index (χ2n) is 13.9. The smallest absolute Gasteiger partial charge is 0.249 e. The maximum atomic E-state index is 12.9. The van der Waals surface area contributed by atoms with E-state index in [0.717, 1.165) is 51.4 Å². The van der Waals surface area contributed by atoms with Gasteiger partial charge in [0.1, 0.15) is 30.5 Å². The number of carbonyl (C=O) groups excluding carboxylic acids is 1. The van der Waals surface area contributed by atoms with E-state index in [1.165, 1.54) is 89.9 Å². The van der Waals surface area contributed by atoms with E-state index in [4.69, 9.17) is 9.47 Å². The van der Waals surface area contributed by atoms with Crippen molar-refractivity contribution in [3.8, 4) is 0 Å². The van der Waals surface area contributed by atoms with Crippen molar-refractivity contribution >= 4 is 5.91 Å². The van der Waals surface area contributed by atoms with Crippen LogP contribution in [-0.2, 0) is 14.3 Å². The standard InChI is InChI=1S/C37H73NO9/c1-3-5-7-9-11-13-14-15-16-18-19-21-23-25-30(40)29(28-46-37-35(44)34(43)33(42)32(27-39)47-37)38-36(45)31(41)26-24-22-20-17-12-10-8-6-4-2/h29-35,37,39-44H,3-28H2,1-2H3,(H,38,45)/t29-,30+,31+,32+,33+,34-,35+,37-/m0/s1. The number of rotatable bonds is 31. The fourth-order valence-electron chi connectivity index (χ4n) is 6.28. The quantitative estimate of drug-likeness (QED) is 0.0475. The molecule has 8 atom stereocenters. The van der Waals surface area contributed by atoms with Gasteiger partial charge in [-0.2, -0.15) is 0 Å². The lowest BCUT2D eigenvalue weighted by atomic mass is 9.99. The third-order valence-corrected chi connectivity index (χ3v) is 9.57. The van der Waals surface area contributed by atoms with E-state index >= 15 is 0 Å². The van der Waals surface area contributed by atoms with Crippen molar-refractivity contribution in [1.29, 1.82) is 0 Å². The molecule has 0 bridgehead atoms. The summed E-state index contributed by atoms with van der Waals surface area (Å²) in [5, 5.41) is 64.3. The van der Waals surface area contributed by atoms with Gasteiger partial charge in [-0.3, -0.25) is 4.79 Å². The highest BCUT2D eigenvalue weighted by molar-refractivity contribution is 5.80. The Bertz CT molecular complexity index is 728.